The summed E-state index contributed by atoms with van der Waals surface area (Å²) in [4.78, 5) is 26.6. The minimum absolute atomic E-state index is 0.0228. The van der Waals surface area contributed by atoms with E-state index in [4.69, 9.17) is 4.74 Å². The fourth-order valence-corrected chi connectivity index (χ4v) is 3.16. The molecule has 130 valence electrons. The van der Waals surface area contributed by atoms with Crippen LogP contribution < -0.4 is 4.74 Å². The summed E-state index contributed by atoms with van der Waals surface area (Å²) in [5.41, 5.74) is 1.26. The highest BCUT2D eigenvalue weighted by Gasteiger charge is 2.23. The molecule has 0 spiro atoms. The Morgan fingerprint density at radius 3 is 2.36 bits per heavy atom. The third kappa shape index (κ3) is 4.27. The van der Waals surface area contributed by atoms with Crippen molar-refractivity contribution in [3.05, 3.63) is 65.7 Å². The van der Waals surface area contributed by atoms with Crippen LogP contribution in [-0.4, -0.2) is 35.8 Å². The smallest absolute Gasteiger partial charge is 0.260 e. The molecule has 0 saturated carbocycles. The summed E-state index contributed by atoms with van der Waals surface area (Å²) in [5.74, 6) is 0.602. The van der Waals surface area contributed by atoms with Crippen LogP contribution in [0.1, 0.15) is 42.1 Å². The third-order valence-corrected chi connectivity index (χ3v) is 4.64. The number of benzene rings is 2. The maximum Gasteiger partial charge on any atom is 0.260 e. The molecule has 25 heavy (non-hydrogen) atoms. The Balaban J connectivity index is 1.57. The predicted molar refractivity (Wildman–Crippen MR) is 96.8 cm³/mol. The maximum absolute atomic E-state index is 12.4. The van der Waals surface area contributed by atoms with Crippen LogP contribution in [0.15, 0.2) is 54.6 Å². The van der Waals surface area contributed by atoms with Crippen molar-refractivity contribution < 1.29 is 14.3 Å². The van der Waals surface area contributed by atoms with Gasteiger partial charge in [-0.15, -0.1) is 0 Å². The van der Waals surface area contributed by atoms with Gasteiger partial charge >= 0.3 is 0 Å². The molecule has 0 radical (unpaired) electrons. The minimum Gasteiger partial charge on any atom is -0.484 e. The molecule has 1 aliphatic rings. The molecular weight excluding hydrogens is 314 g/mol. The average molecular weight is 337 g/mol. The highest BCUT2D eigenvalue weighted by Crippen LogP contribution is 2.18. The lowest BCUT2D eigenvalue weighted by atomic mass is 10.0. The Morgan fingerprint density at radius 2 is 1.68 bits per heavy atom. The van der Waals surface area contributed by atoms with Gasteiger partial charge in [0.25, 0.3) is 5.91 Å². The molecule has 0 N–H and O–H groups in total. The molecule has 0 aliphatic carbocycles. The van der Waals surface area contributed by atoms with Crippen LogP contribution in [0.2, 0.25) is 0 Å². The molecule has 1 heterocycles. The Labute approximate surface area is 148 Å². The van der Waals surface area contributed by atoms with Gasteiger partial charge in [0.2, 0.25) is 0 Å². The van der Waals surface area contributed by atoms with Gasteiger partial charge in [0.1, 0.15) is 5.75 Å². The highest BCUT2D eigenvalue weighted by atomic mass is 16.5. The molecule has 1 aliphatic heterocycles. The lowest BCUT2D eigenvalue weighted by Crippen LogP contribution is -2.44. The number of piperidine rings is 1. The van der Waals surface area contributed by atoms with Crippen molar-refractivity contribution in [3.8, 4) is 5.75 Å². The number of likely N-dealkylation sites (tertiary alicyclic amines) is 1. The molecule has 1 fully saturated rings. The molecule has 4 nitrogen and oxygen atoms in total. The predicted octanol–water partition coefficient (Wildman–Crippen LogP) is 3.70. The molecule has 1 atom stereocenters. The number of amides is 1. The van der Waals surface area contributed by atoms with Gasteiger partial charge in [0, 0.05) is 23.7 Å². The SMILES string of the molecule is CC1CCCCN1C(=O)COc1ccc(C(=O)c2ccccc2)cc1. The van der Waals surface area contributed by atoms with Gasteiger partial charge < -0.3 is 9.64 Å². The van der Waals surface area contributed by atoms with E-state index in [1.54, 1.807) is 36.4 Å². The van der Waals surface area contributed by atoms with E-state index in [2.05, 4.69) is 6.92 Å². The largest absolute Gasteiger partial charge is 0.484 e. The molecule has 3 rings (SSSR count). The van der Waals surface area contributed by atoms with E-state index < -0.39 is 0 Å². The Bertz CT molecular complexity index is 725. The van der Waals surface area contributed by atoms with Gasteiger partial charge in [-0.25, -0.2) is 0 Å². The summed E-state index contributed by atoms with van der Waals surface area (Å²) in [6, 6.07) is 16.4. The van der Waals surface area contributed by atoms with E-state index in [0.29, 0.717) is 16.9 Å². The number of ether oxygens (including phenoxy) is 1. The first kappa shape index (κ1) is 17.2. The monoisotopic (exact) mass is 337 g/mol. The van der Waals surface area contributed by atoms with Crippen LogP contribution in [0, 0.1) is 0 Å². The van der Waals surface area contributed by atoms with Crippen molar-refractivity contribution in [3.63, 3.8) is 0 Å². The third-order valence-electron chi connectivity index (χ3n) is 4.64. The van der Waals surface area contributed by atoms with Crippen molar-refractivity contribution >= 4 is 11.7 Å². The van der Waals surface area contributed by atoms with Crippen LogP contribution in [0.3, 0.4) is 0 Å². The van der Waals surface area contributed by atoms with Gasteiger partial charge in [-0.3, -0.25) is 9.59 Å². The molecule has 2 aromatic carbocycles. The van der Waals surface area contributed by atoms with Crippen LogP contribution in [0.4, 0.5) is 0 Å². The second-order valence-electron chi connectivity index (χ2n) is 6.44. The second kappa shape index (κ2) is 7.97. The fraction of sp³-hybridized carbons (Fsp3) is 0.333. The van der Waals surface area contributed by atoms with E-state index in [1.807, 2.05) is 23.1 Å². The normalized spacial score (nSPS) is 17.2. The van der Waals surface area contributed by atoms with E-state index in [9.17, 15) is 9.59 Å². The summed E-state index contributed by atoms with van der Waals surface area (Å²) in [7, 11) is 0. The lowest BCUT2D eigenvalue weighted by Gasteiger charge is -2.33. The zero-order chi connectivity index (χ0) is 17.6. The first-order valence-electron chi connectivity index (χ1n) is 8.77. The molecule has 1 amide bonds. The zero-order valence-electron chi connectivity index (χ0n) is 14.5. The van der Waals surface area contributed by atoms with Gasteiger partial charge in [0.15, 0.2) is 12.4 Å². The minimum atomic E-state index is -0.0228. The van der Waals surface area contributed by atoms with Crippen LogP contribution in [-0.2, 0) is 4.79 Å². The van der Waals surface area contributed by atoms with Crippen molar-refractivity contribution in [1.29, 1.82) is 0 Å². The molecule has 4 heteroatoms. The van der Waals surface area contributed by atoms with E-state index in [0.717, 1.165) is 19.4 Å². The Hall–Kier alpha value is -2.62. The summed E-state index contributed by atoms with van der Waals surface area (Å²) in [5, 5.41) is 0. The lowest BCUT2D eigenvalue weighted by molar-refractivity contribution is -0.136. The number of carbonyl (C=O) groups excluding carboxylic acids is 2. The highest BCUT2D eigenvalue weighted by molar-refractivity contribution is 6.08. The first-order chi connectivity index (χ1) is 12.1. The quantitative estimate of drug-likeness (QED) is 0.782. The van der Waals surface area contributed by atoms with Crippen molar-refractivity contribution in [2.75, 3.05) is 13.2 Å². The topological polar surface area (TPSA) is 46.6 Å². The first-order valence-corrected chi connectivity index (χ1v) is 8.77. The Morgan fingerprint density at radius 1 is 1.00 bits per heavy atom. The summed E-state index contributed by atoms with van der Waals surface area (Å²) in [6.45, 7) is 2.94. The van der Waals surface area contributed by atoms with Gasteiger partial charge in [-0.2, -0.15) is 0 Å². The zero-order valence-corrected chi connectivity index (χ0v) is 14.5. The standard InChI is InChI=1S/C21H23NO3/c1-16-7-5-6-14-22(16)20(23)15-25-19-12-10-18(11-13-19)21(24)17-8-3-2-4-9-17/h2-4,8-13,16H,5-7,14-15H2,1H3. The average Bonchev–Trinajstić information content (AvgIpc) is 2.67. The fourth-order valence-electron chi connectivity index (χ4n) is 3.16. The van der Waals surface area contributed by atoms with Crippen LogP contribution in [0.25, 0.3) is 0 Å². The van der Waals surface area contributed by atoms with Crippen molar-refractivity contribution in [2.24, 2.45) is 0 Å². The van der Waals surface area contributed by atoms with E-state index >= 15 is 0 Å². The molecular formula is C21H23NO3. The second-order valence-corrected chi connectivity index (χ2v) is 6.44. The summed E-state index contributed by atoms with van der Waals surface area (Å²) < 4.78 is 5.61. The van der Waals surface area contributed by atoms with E-state index in [1.165, 1.54) is 6.42 Å². The molecule has 0 bridgehead atoms. The number of hydrogen-bond acceptors (Lipinski definition) is 3. The Kier molecular flexibility index (Phi) is 5.49. The molecule has 1 saturated heterocycles. The maximum atomic E-state index is 12.4. The molecule has 0 aromatic heterocycles. The van der Waals surface area contributed by atoms with Gasteiger partial charge in [-0.05, 0) is 50.5 Å². The van der Waals surface area contributed by atoms with E-state index in [-0.39, 0.29) is 24.3 Å². The summed E-state index contributed by atoms with van der Waals surface area (Å²) >= 11 is 0. The number of carbonyl (C=O) groups is 2. The van der Waals surface area contributed by atoms with Crippen molar-refractivity contribution in [1.82, 2.24) is 4.90 Å². The summed E-state index contributed by atoms with van der Waals surface area (Å²) in [6.07, 6.45) is 3.30. The number of rotatable bonds is 5. The van der Waals surface area contributed by atoms with Gasteiger partial charge in [0.05, 0.1) is 0 Å². The number of ketones is 1. The van der Waals surface area contributed by atoms with Gasteiger partial charge in [-0.1, -0.05) is 30.3 Å². The number of nitrogens with zero attached hydrogens (tertiary/aromatic N) is 1. The molecule has 1 unspecified atom stereocenters. The van der Waals surface area contributed by atoms with Crippen molar-refractivity contribution in [2.45, 2.75) is 32.2 Å². The molecule has 2 aromatic rings. The van der Waals surface area contributed by atoms with Crippen LogP contribution in [0.5, 0.6) is 5.75 Å². The number of hydrogen-bond donors (Lipinski definition) is 0. The van der Waals surface area contributed by atoms with Crippen LogP contribution >= 0.6 is 0 Å².